The lowest BCUT2D eigenvalue weighted by Crippen LogP contribution is -2.21. The molecule has 0 unspecified atom stereocenters. The van der Waals surface area contributed by atoms with E-state index in [0.717, 1.165) is 30.5 Å². The Morgan fingerprint density at radius 2 is 1.69 bits per heavy atom. The van der Waals surface area contributed by atoms with E-state index in [0.29, 0.717) is 6.20 Å². The van der Waals surface area contributed by atoms with Crippen LogP contribution in [0.1, 0.15) is 27.9 Å². The van der Waals surface area contributed by atoms with Gasteiger partial charge in [-0.15, -0.1) is 13.2 Å². The summed E-state index contributed by atoms with van der Waals surface area (Å²) in [5.41, 5.74) is 2.29. The van der Waals surface area contributed by atoms with Crippen LogP contribution < -0.4 is 15.2 Å². The number of hydrogen-bond donors (Lipinski definition) is 1. The number of rotatable bonds is 6. The van der Waals surface area contributed by atoms with Crippen molar-refractivity contribution in [1.29, 1.82) is 0 Å². The molecule has 0 bridgehead atoms. The van der Waals surface area contributed by atoms with Crippen LogP contribution >= 0.6 is 0 Å². The molecule has 2 aromatic rings. The van der Waals surface area contributed by atoms with E-state index in [1.54, 1.807) is 0 Å². The number of carbonyl (C=O) groups is 1. The summed E-state index contributed by atoms with van der Waals surface area (Å²) in [7, 11) is -3.88. The van der Waals surface area contributed by atoms with Gasteiger partial charge in [-0.2, -0.15) is 17.6 Å². The number of carbonyl (C=O) groups excluding carboxylic acids is 1. The topological polar surface area (TPSA) is 121 Å². The first-order chi connectivity index (χ1) is 16.5. The predicted molar refractivity (Wildman–Crippen MR) is 115 cm³/mol. The Labute approximate surface area is 199 Å². The number of aromatic nitrogens is 1. The van der Waals surface area contributed by atoms with E-state index in [-0.39, 0.29) is 17.0 Å². The number of halogens is 6. The van der Waals surface area contributed by atoms with Crippen LogP contribution in [-0.2, 0) is 16.2 Å². The molecule has 36 heavy (non-hydrogen) atoms. The molecule has 0 radical (unpaired) electrons. The fraction of sp³-hybridized carbons (Fsp3) is 0.190. The number of alkyl halides is 6. The van der Waals surface area contributed by atoms with Crippen molar-refractivity contribution < 1.29 is 49.0 Å². The Hall–Kier alpha value is -3.88. The molecule has 1 aliphatic rings. The third-order valence-electron chi connectivity index (χ3n) is 4.43. The van der Waals surface area contributed by atoms with Gasteiger partial charge in [0.1, 0.15) is 17.1 Å². The minimum absolute atomic E-state index is 0.0990. The molecule has 3 rings (SSSR count). The highest BCUT2D eigenvalue weighted by Gasteiger charge is 2.38. The Morgan fingerprint density at radius 1 is 1.08 bits per heavy atom. The number of allylic oxidation sites excluding steroid dienone is 4. The first kappa shape index (κ1) is 26.7. The second-order valence-corrected chi connectivity index (χ2v) is 8.90. The lowest BCUT2D eigenvalue weighted by Gasteiger charge is -2.21. The summed E-state index contributed by atoms with van der Waals surface area (Å²) in [5, 5.41) is 0. The summed E-state index contributed by atoms with van der Waals surface area (Å²) in [6, 6.07) is 3.76. The van der Waals surface area contributed by atoms with Gasteiger partial charge in [0.05, 0.1) is 17.5 Å². The number of benzene rings is 1. The summed E-state index contributed by atoms with van der Waals surface area (Å²) in [4.78, 5) is 15.8. The summed E-state index contributed by atoms with van der Waals surface area (Å²) in [6.07, 6.45) is -5.44. The maximum atomic E-state index is 13.8. The first-order valence-corrected chi connectivity index (χ1v) is 11.5. The molecule has 0 saturated carbocycles. The maximum absolute atomic E-state index is 13.8. The molecule has 1 amide bonds. The van der Waals surface area contributed by atoms with Gasteiger partial charge >= 0.3 is 12.5 Å². The van der Waals surface area contributed by atoms with Gasteiger partial charge in [0.15, 0.2) is 0 Å². The molecule has 1 aliphatic carbocycles. The van der Waals surface area contributed by atoms with Crippen LogP contribution in [-0.4, -0.2) is 37.6 Å². The number of nitrogens with zero attached hydrogens (tertiary/aromatic N) is 2. The first-order valence-electron chi connectivity index (χ1n) is 9.63. The van der Waals surface area contributed by atoms with Crippen LogP contribution in [0.3, 0.4) is 0 Å². The minimum Gasteiger partial charge on any atom is -0.438 e. The van der Waals surface area contributed by atoms with Crippen molar-refractivity contribution in [2.75, 3.05) is 6.26 Å². The highest BCUT2D eigenvalue weighted by atomic mass is 32.2. The highest BCUT2D eigenvalue weighted by Crippen LogP contribution is 2.41. The quantitative estimate of drug-likeness (QED) is 0.539. The Morgan fingerprint density at radius 3 is 2.22 bits per heavy atom. The van der Waals surface area contributed by atoms with Gasteiger partial charge in [0.25, 0.3) is 5.91 Å². The third-order valence-corrected chi connectivity index (χ3v) is 5.00. The molecule has 15 heteroatoms. The van der Waals surface area contributed by atoms with Gasteiger partial charge in [-0.3, -0.25) is 4.79 Å². The zero-order valence-corrected chi connectivity index (χ0v) is 18.8. The third kappa shape index (κ3) is 6.84. The van der Waals surface area contributed by atoms with Crippen molar-refractivity contribution >= 4 is 27.2 Å². The second kappa shape index (κ2) is 9.64. The number of pyridine rings is 1. The molecule has 0 aliphatic heterocycles. The minimum atomic E-state index is -5.00. The van der Waals surface area contributed by atoms with Crippen LogP contribution in [0.4, 0.5) is 26.3 Å². The second-order valence-electron chi connectivity index (χ2n) is 7.25. The molecule has 0 atom stereocenters. The predicted octanol–water partition coefficient (Wildman–Crippen LogP) is 4.63. The molecule has 0 saturated heterocycles. The molecule has 8 nitrogen and oxygen atoms in total. The molecule has 1 aromatic carbocycles. The van der Waals surface area contributed by atoms with Crippen LogP contribution in [0.25, 0.3) is 5.57 Å². The Kier molecular flexibility index (Phi) is 7.15. The van der Waals surface area contributed by atoms with E-state index in [4.69, 9.17) is 10.5 Å². The smallest absolute Gasteiger partial charge is 0.438 e. The fourth-order valence-corrected chi connectivity index (χ4v) is 3.76. The van der Waals surface area contributed by atoms with E-state index in [1.807, 2.05) is 0 Å². The Bertz CT molecular complexity index is 1380. The zero-order chi connectivity index (χ0) is 26.9. The highest BCUT2D eigenvalue weighted by molar-refractivity contribution is 7.89. The standard InChI is InChI=1S/C21H15F6N3O5S/c1-36(32,33)30-12-4-2-3-11(9-12)16-15(20(22,23)24)10-29-19(17(16)18(28)31)34-13-5-7-14(8-6-13)35-21(25,26)27/h2-8,10H,9H2,1H3,(H2,28,31). The lowest BCUT2D eigenvalue weighted by atomic mass is 9.89. The molecular formula is C21H15F6N3O5S. The van der Waals surface area contributed by atoms with Crippen LogP contribution in [0.5, 0.6) is 17.4 Å². The molecule has 192 valence electrons. The van der Waals surface area contributed by atoms with Crippen molar-refractivity contribution in [3.05, 3.63) is 65.4 Å². The van der Waals surface area contributed by atoms with Crippen molar-refractivity contribution in [2.45, 2.75) is 19.0 Å². The Balaban J connectivity index is 2.11. The number of hydrogen-bond acceptors (Lipinski definition) is 6. The zero-order valence-electron chi connectivity index (χ0n) is 18.0. The monoisotopic (exact) mass is 535 g/mol. The molecule has 0 fully saturated rings. The van der Waals surface area contributed by atoms with Gasteiger partial charge in [-0.05, 0) is 35.9 Å². The number of amides is 1. The van der Waals surface area contributed by atoms with Gasteiger partial charge in [0.2, 0.25) is 15.9 Å². The van der Waals surface area contributed by atoms with E-state index in [1.165, 1.54) is 18.2 Å². The molecule has 0 spiro atoms. The average Bonchev–Trinajstić information content (AvgIpc) is 2.71. The summed E-state index contributed by atoms with van der Waals surface area (Å²) >= 11 is 0. The SMILES string of the molecule is CS(=O)(=O)N=C1C=CC=C(c2c(C(F)(F)F)cnc(Oc3ccc(OC(F)(F)F)cc3)c2C(N)=O)C1. The van der Waals surface area contributed by atoms with E-state index >= 15 is 0 Å². The van der Waals surface area contributed by atoms with Gasteiger partial charge in [-0.25, -0.2) is 13.4 Å². The van der Waals surface area contributed by atoms with E-state index in [9.17, 15) is 39.6 Å². The van der Waals surface area contributed by atoms with Gasteiger partial charge in [0, 0.05) is 18.2 Å². The number of primary amides is 1. The maximum Gasteiger partial charge on any atom is 0.573 e. The molecule has 1 heterocycles. The van der Waals surface area contributed by atoms with Crippen LogP contribution in [0, 0.1) is 0 Å². The summed E-state index contributed by atoms with van der Waals surface area (Å²) < 4.78 is 114. The molecular weight excluding hydrogens is 520 g/mol. The average molecular weight is 535 g/mol. The van der Waals surface area contributed by atoms with Crippen molar-refractivity contribution in [3.8, 4) is 17.4 Å². The lowest BCUT2D eigenvalue weighted by molar-refractivity contribution is -0.274. The van der Waals surface area contributed by atoms with Crippen LogP contribution in [0.2, 0.25) is 0 Å². The number of nitrogens with two attached hydrogens (primary N) is 1. The van der Waals surface area contributed by atoms with Crippen molar-refractivity contribution in [3.63, 3.8) is 0 Å². The fourth-order valence-electron chi connectivity index (χ4n) is 3.21. The van der Waals surface area contributed by atoms with Crippen LogP contribution in [0.15, 0.2) is 53.1 Å². The van der Waals surface area contributed by atoms with Crippen molar-refractivity contribution in [1.82, 2.24) is 4.98 Å². The summed E-state index contributed by atoms with van der Waals surface area (Å²) in [5.74, 6) is -2.80. The van der Waals surface area contributed by atoms with Crippen molar-refractivity contribution in [2.24, 2.45) is 10.1 Å². The largest absolute Gasteiger partial charge is 0.573 e. The molecule has 1 aromatic heterocycles. The number of sulfonamides is 1. The summed E-state index contributed by atoms with van der Waals surface area (Å²) in [6.45, 7) is 0. The van der Waals surface area contributed by atoms with E-state index < -0.39 is 63.2 Å². The molecule has 2 N–H and O–H groups in total. The van der Waals surface area contributed by atoms with Gasteiger partial charge in [-0.1, -0.05) is 12.2 Å². The van der Waals surface area contributed by atoms with E-state index in [2.05, 4.69) is 14.1 Å². The van der Waals surface area contributed by atoms with Gasteiger partial charge < -0.3 is 15.2 Å². The number of ether oxygens (including phenoxy) is 2. The normalized spacial score (nSPS) is 15.5.